The Balaban J connectivity index is 1.58. The number of amides is 1. The number of likely N-dealkylation sites (tertiary alicyclic amines) is 2. The van der Waals surface area contributed by atoms with Crippen LogP contribution in [0.1, 0.15) is 37.3 Å². The van der Waals surface area contributed by atoms with Crippen LogP contribution in [0.2, 0.25) is 0 Å². The summed E-state index contributed by atoms with van der Waals surface area (Å²) in [4.78, 5) is 42.1. The number of hydrogen-bond acceptors (Lipinski definition) is 6. The molecule has 2 heterocycles. The lowest BCUT2D eigenvalue weighted by Gasteiger charge is -2.46. The summed E-state index contributed by atoms with van der Waals surface area (Å²) in [5.41, 5.74) is 0.241. The molecule has 0 aromatic heterocycles. The zero-order valence-electron chi connectivity index (χ0n) is 20.0. The zero-order chi connectivity index (χ0) is 24.8. The first-order valence-corrected chi connectivity index (χ1v) is 12.0. The van der Waals surface area contributed by atoms with Gasteiger partial charge in [0, 0.05) is 32.6 Å². The van der Waals surface area contributed by atoms with Gasteiger partial charge in [0.25, 0.3) is 0 Å². The number of piperidine rings is 1. The summed E-state index contributed by atoms with van der Waals surface area (Å²) in [6.07, 6.45) is 0.804. The summed E-state index contributed by atoms with van der Waals surface area (Å²) in [6, 6.07) is 17.8. The number of rotatable bonds is 7. The van der Waals surface area contributed by atoms with E-state index >= 15 is 0 Å². The summed E-state index contributed by atoms with van der Waals surface area (Å²) in [5, 5.41) is 10.3. The van der Waals surface area contributed by atoms with Gasteiger partial charge in [0.2, 0.25) is 0 Å². The second-order valence-electron chi connectivity index (χ2n) is 9.54. The molecule has 35 heavy (non-hydrogen) atoms. The average molecular weight is 481 g/mol. The molecule has 4 rings (SSSR count). The van der Waals surface area contributed by atoms with Crippen LogP contribution in [0.3, 0.4) is 0 Å². The molecule has 0 spiro atoms. The van der Waals surface area contributed by atoms with Crippen molar-refractivity contribution in [3.63, 3.8) is 0 Å². The highest BCUT2D eigenvalue weighted by Gasteiger charge is 2.55. The smallest absolute Gasteiger partial charge is 0.410 e. The number of ether oxygens (including phenoxy) is 2. The predicted octanol–water partition coefficient (Wildman–Crippen LogP) is 3.70. The molecule has 0 unspecified atom stereocenters. The Hall–Kier alpha value is -3.39. The second-order valence-corrected chi connectivity index (χ2v) is 9.54. The standard InChI is InChI=1S/C27H32N2O6/c1-27(25(31)32)16-22(35-26(33)28-14-8-9-15-28)18-29(17-20-10-4-2-5-11-20)23(27)24(30)34-19-21-12-6-3-7-13-21/h2-7,10-13,22-23H,8-9,14-19H2,1H3,(H,31,32)/t22-,23+,27-/m0/s1. The first kappa shape index (κ1) is 24.7. The number of carbonyl (C=O) groups is 3. The molecular weight excluding hydrogens is 448 g/mol. The highest BCUT2D eigenvalue weighted by molar-refractivity contribution is 5.87. The third-order valence-electron chi connectivity index (χ3n) is 6.85. The Kier molecular flexibility index (Phi) is 7.70. The Labute approximate surface area is 205 Å². The topological polar surface area (TPSA) is 96.4 Å². The van der Waals surface area contributed by atoms with Crippen LogP contribution in [0, 0.1) is 5.41 Å². The maximum atomic E-state index is 13.4. The van der Waals surface area contributed by atoms with Gasteiger partial charge in [-0.15, -0.1) is 0 Å². The molecule has 0 saturated carbocycles. The van der Waals surface area contributed by atoms with Crippen LogP contribution < -0.4 is 0 Å². The molecule has 2 aliphatic rings. The van der Waals surface area contributed by atoms with Crippen molar-refractivity contribution in [2.24, 2.45) is 5.41 Å². The van der Waals surface area contributed by atoms with Gasteiger partial charge in [-0.25, -0.2) is 4.79 Å². The maximum absolute atomic E-state index is 13.4. The predicted molar refractivity (Wildman–Crippen MR) is 128 cm³/mol. The number of esters is 1. The molecule has 2 fully saturated rings. The summed E-state index contributed by atoms with van der Waals surface area (Å²) in [7, 11) is 0. The number of aliphatic carboxylic acids is 1. The number of benzene rings is 2. The van der Waals surface area contributed by atoms with Crippen molar-refractivity contribution in [2.75, 3.05) is 19.6 Å². The van der Waals surface area contributed by atoms with Gasteiger partial charge in [0.15, 0.2) is 0 Å². The molecule has 3 atom stereocenters. The molecule has 2 aromatic carbocycles. The second kappa shape index (κ2) is 10.9. The van der Waals surface area contributed by atoms with Crippen molar-refractivity contribution >= 4 is 18.0 Å². The number of hydrogen-bond donors (Lipinski definition) is 1. The van der Waals surface area contributed by atoms with Crippen molar-refractivity contribution in [2.45, 2.75) is 51.5 Å². The molecule has 2 aromatic rings. The first-order valence-electron chi connectivity index (χ1n) is 12.0. The van der Waals surface area contributed by atoms with Gasteiger partial charge >= 0.3 is 18.0 Å². The number of carboxylic acids is 1. The van der Waals surface area contributed by atoms with Gasteiger partial charge in [-0.3, -0.25) is 14.5 Å². The molecule has 2 aliphatic heterocycles. The van der Waals surface area contributed by atoms with Crippen molar-refractivity contribution in [3.8, 4) is 0 Å². The first-order chi connectivity index (χ1) is 16.9. The zero-order valence-corrected chi connectivity index (χ0v) is 20.0. The lowest BCUT2D eigenvalue weighted by molar-refractivity contribution is -0.178. The average Bonchev–Trinajstić information content (AvgIpc) is 3.39. The SMILES string of the molecule is C[C@]1(C(=O)O)C[C@H](OC(=O)N2CCCC2)CN(Cc2ccccc2)[C@@H]1C(=O)OCc1ccccc1. The van der Waals surface area contributed by atoms with Crippen LogP contribution >= 0.6 is 0 Å². The van der Waals surface area contributed by atoms with Crippen molar-refractivity contribution < 1.29 is 29.0 Å². The van der Waals surface area contributed by atoms with E-state index in [2.05, 4.69) is 0 Å². The lowest BCUT2D eigenvalue weighted by atomic mass is 9.73. The van der Waals surface area contributed by atoms with E-state index in [9.17, 15) is 19.5 Å². The van der Waals surface area contributed by atoms with Gasteiger partial charge in [0.1, 0.15) is 18.8 Å². The highest BCUT2D eigenvalue weighted by Crippen LogP contribution is 2.39. The molecular formula is C27H32N2O6. The maximum Gasteiger partial charge on any atom is 0.410 e. The minimum Gasteiger partial charge on any atom is -0.481 e. The van der Waals surface area contributed by atoms with Gasteiger partial charge < -0.3 is 19.5 Å². The molecule has 8 heteroatoms. The van der Waals surface area contributed by atoms with Crippen molar-refractivity contribution in [1.82, 2.24) is 9.80 Å². The molecule has 2 saturated heterocycles. The highest BCUT2D eigenvalue weighted by atomic mass is 16.6. The van der Waals surface area contributed by atoms with Crippen LogP contribution in [-0.2, 0) is 32.2 Å². The number of carboxylic acid groups (broad SMARTS) is 1. The molecule has 8 nitrogen and oxygen atoms in total. The van der Waals surface area contributed by atoms with Gasteiger partial charge in [-0.2, -0.15) is 0 Å². The van der Waals surface area contributed by atoms with Crippen LogP contribution in [0.5, 0.6) is 0 Å². The quantitative estimate of drug-likeness (QED) is 0.604. The van der Waals surface area contributed by atoms with Crippen molar-refractivity contribution in [1.29, 1.82) is 0 Å². The molecule has 186 valence electrons. The fourth-order valence-electron chi connectivity index (χ4n) is 5.01. The fourth-order valence-corrected chi connectivity index (χ4v) is 5.01. The van der Waals surface area contributed by atoms with E-state index in [1.54, 1.807) is 9.80 Å². The van der Waals surface area contributed by atoms with Crippen LogP contribution in [0.4, 0.5) is 4.79 Å². The van der Waals surface area contributed by atoms with E-state index < -0.39 is 35.6 Å². The minimum atomic E-state index is -1.50. The number of carbonyl (C=O) groups excluding carboxylic acids is 2. The Morgan fingerprint density at radius 2 is 1.57 bits per heavy atom. The lowest BCUT2D eigenvalue weighted by Crippen LogP contribution is -2.62. The normalized spacial score (nSPS) is 24.7. The van der Waals surface area contributed by atoms with E-state index in [0.717, 1.165) is 24.0 Å². The summed E-state index contributed by atoms with van der Waals surface area (Å²) in [5.74, 6) is -1.72. The number of nitrogens with zero attached hydrogens (tertiary/aromatic N) is 2. The van der Waals surface area contributed by atoms with Crippen LogP contribution in [-0.4, -0.2) is 64.7 Å². The molecule has 0 aliphatic carbocycles. The summed E-state index contributed by atoms with van der Waals surface area (Å²) in [6.45, 7) is 3.44. The summed E-state index contributed by atoms with van der Waals surface area (Å²) < 4.78 is 11.4. The van der Waals surface area contributed by atoms with Crippen LogP contribution in [0.25, 0.3) is 0 Å². The van der Waals surface area contributed by atoms with Crippen molar-refractivity contribution in [3.05, 3.63) is 71.8 Å². The summed E-state index contributed by atoms with van der Waals surface area (Å²) >= 11 is 0. The molecule has 1 amide bonds. The van der Waals surface area contributed by atoms with E-state index in [1.165, 1.54) is 6.92 Å². The fraction of sp³-hybridized carbons (Fsp3) is 0.444. The monoisotopic (exact) mass is 480 g/mol. The van der Waals surface area contributed by atoms with E-state index in [0.29, 0.717) is 19.6 Å². The Morgan fingerprint density at radius 3 is 2.17 bits per heavy atom. The third kappa shape index (κ3) is 5.82. The minimum absolute atomic E-state index is 0.0261. The largest absolute Gasteiger partial charge is 0.481 e. The van der Waals surface area contributed by atoms with Gasteiger partial charge in [-0.05, 0) is 30.9 Å². The van der Waals surface area contributed by atoms with E-state index in [1.807, 2.05) is 60.7 Å². The van der Waals surface area contributed by atoms with E-state index in [-0.39, 0.29) is 19.6 Å². The Morgan fingerprint density at radius 1 is 0.971 bits per heavy atom. The van der Waals surface area contributed by atoms with Gasteiger partial charge in [0.05, 0.1) is 5.41 Å². The van der Waals surface area contributed by atoms with Crippen LogP contribution in [0.15, 0.2) is 60.7 Å². The molecule has 1 N–H and O–H groups in total. The van der Waals surface area contributed by atoms with Gasteiger partial charge in [-0.1, -0.05) is 60.7 Å². The third-order valence-corrected chi connectivity index (χ3v) is 6.85. The molecule has 0 bridgehead atoms. The van der Waals surface area contributed by atoms with E-state index in [4.69, 9.17) is 9.47 Å². The molecule has 0 radical (unpaired) electrons. The Bertz CT molecular complexity index is 1020.